The quantitative estimate of drug-likeness (QED) is 0.859. The van der Waals surface area contributed by atoms with Crippen LogP contribution in [-0.4, -0.2) is 54.8 Å². The Hall–Kier alpha value is -2.18. The second-order valence-corrected chi connectivity index (χ2v) is 6.96. The van der Waals surface area contributed by atoms with Gasteiger partial charge >= 0.3 is 0 Å². The highest BCUT2D eigenvalue weighted by atomic mass is 79.9. The minimum absolute atomic E-state index is 0.0387. The number of hydrogen-bond donors (Lipinski definition) is 1. The Balaban J connectivity index is 1.65. The normalized spacial score (nSPS) is 15.0. The number of nitrogens with zero attached hydrogens (tertiary/aromatic N) is 2. The third kappa shape index (κ3) is 4.27. The van der Waals surface area contributed by atoms with Gasteiger partial charge in [-0.2, -0.15) is 0 Å². The van der Waals surface area contributed by atoms with Crippen LogP contribution in [0.15, 0.2) is 53.0 Å². The van der Waals surface area contributed by atoms with Gasteiger partial charge in [0.05, 0.1) is 5.56 Å². The average molecular weight is 402 g/mol. The van der Waals surface area contributed by atoms with Gasteiger partial charge in [-0.05, 0) is 59.4 Å². The Morgan fingerprint density at radius 1 is 0.960 bits per heavy atom. The molecule has 5 nitrogen and oxygen atoms in total. The minimum Gasteiger partial charge on any atom is -0.336 e. The number of carbonyl (C=O) groups excluding carboxylic acids is 2. The van der Waals surface area contributed by atoms with Crippen LogP contribution in [0.4, 0.5) is 5.69 Å². The first-order chi connectivity index (χ1) is 12.0. The van der Waals surface area contributed by atoms with Gasteiger partial charge in [0.15, 0.2) is 0 Å². The Morgan fingerprint density at radius 2 is 1.60 bits per heavy atom. The third-order valence-electron chi connectivity index (χ3n) is 4.30. The highest BCUT2D eigenvalue weighted by molar-refractivity contribution is 9.10. The number of hydrogen-bond acceptors (Lipinski definition) is 3. The summed E-state index contributed by atoms with van der Waals surface area (Å²) in [6.45, 7) is 3.28. The van der Waals surface area contributed by atoms with Crippen molar-refractivity contribution in [2.45, 2.75) is 0 Å². The van der Waals surface area contributed by atoms with Crippen LogP contribution in [0.1, 0.15) is 20.7 Å². The third-order valence-corrected chi connectivity index (χ3v) is 4.99. The van der Waals surface area contributed by atoms with E-state index in [1.54, 1.807) is 30.3 Å². The van der Waals surface area contributed by atoms with E-state index in [2.05, 4.69) is 33.2 Å². The van der Waals surface area contributed by atoms with E-state index in [0.717, 1.165) is 30.7 Å². The van der Waals surface area contributed by atoms with Crippen LogP contribution >= 0.6 is 15.9 Å². The Bertz CT molecular complexity index is 768. The van der Waals surface area contributed by atoms with E-state index in [9.17, 15) is 9.59 Å². The molecule has 3 rings (SSSR count). The number of nitrogens with one attached hydrogen (secondary N) is 1. The topological polar surface area (TPSA) is 52.6 Å². The van der Waals surface area contributed by atoms with Gasteiger partial charge in [-0.15, -0.1) is 0 Å². The van der Waals surface area contributed by atoms with Gasteiger partial charge in [0.1, 0.15) is 0 Å². The number of amides is 2. The molecule has 2 amide bonds. The van der Waals surface area contributed by atoms with Crippen LogP contribution in [0.25, 0.3) is 0 Å². The van der Waals surface area contributed by atoms with Gasteiger partial charge in [-0.3, -0.25) is 9.59 Å². The smallest absolute Gasteiger partial charge is 0.256 e. The highest BCUT2D eigenvalue weighted by Crippen LogP contribution is 2.18. The molecular weight excluding hydrogens is 382 g/mol. The molecule has 0 bridgehead atoms. The molecule has 130 valence electrons. The zero-order valence-corrected chi connectivity index (χ0v) is 15.6. The van der Waals surface area contributed by atoms with E-state index >= 15 is 0 Å². The summed E-state index contributed by atoms with van der Waals surface area (Å²) in [4.78, 5) is 28.9. The first-order valence-corrected chi connectivity index (χ1v) is 8.97. The highest BCUT2D eigenvalue weighted by Gasteiger charge is 2.20. The minimum atomic E-state index is -0.189. The maximum absolute atomic E-state index is 12.5. The van der Waals surface area contributed by atoms with Crippen LogP contribution in [0, 0.1) is 0 Å². The van der Waals surface area contributed by atoms with Crippen LogP contribution in [0.2, 0.25) is 0 Å². The van der Waals surface area contributed by atoms with Crippen LogP contribution in [0.3, 0.4) is 0 Å². The number of piperazine rings is 1. The molecule has 1 aliphatic heterocycles. The van der Waals surface area contributed by atoms with Crippen molar-refractivity contribution in [3.05, 3.63) is 64.1 Å². The maximum Gasteiger partial charge on any atom is 0.256 e. The van der Waals surface area contributed by atoms with Crippen molar-refractivity contribution in [1.29, 1.82) is 0 Å². The largest absolute Gasteiger partial charge is 0.336 e. The summed E-state index contributed by atoms with van der Waals surface area (Å²) >= 11 is 3.37. The Kier molecular flexibility index (Phi) is 5.50. The fourth-order valence-electron chi connectivity index (χ4n) is 2.73. The van der Waals surface area contributed by atoms with Gasteiger partial charge in [-0.25, -0.2) is 0 Å². The molecule has 1 saturated heterocycles. The fraction of sp³-hybridized carbons (Fsp3) is 0.263. The Morgan fingerprint density at radius 3 is 2.24 bits per heavy atom. The van der Waals surface area contributed by atoms with E-state index in [1.807, 2.05) is 23.1 Å². The number of rotatable bonds is 3. The summed E-state index contributed by atoms with van der Waals surface area (Å²) in [5.41, 5.74) is 1.87. The molecule has 0 spiro atoms. The molecule has 1 aliphatic rings. The lowest BCUT2D eigenvalue weighted by atomic mass is 10.1. The molecule has 0 aliphatic carbocycles. The predicted molar refractivity (Wildman–Crippen MR) is 102 cm³/mol. The van der Waals surface area contributed by atoms with Crippen molar-refractivity contribution < 1.29 is 9.59 Å². The molecule has 25 heavy (non-hydrogen) atoms. The van der Waals surface area contributed by atoms with E-state index < -0.39 is 0 Å². The monoisotopic (exact) mass is 401 g/mol. The van der Waals surface area contributed by atoms with Crippen LogP contribution < -0.4 is 5.32 Å². The number of anilines is 1. The van der Waals surface area contributed by atoms with Crippen LogP contribution in [0.5, 0.6) is 0 Å². The first kappa shape index (κ1) is 17.6. The second-order valence-electron chi connectivity index (χ2n) is 6.11. The lowest BCUT2D eigenvalue weighted by Crippen LogP contribution is -2.47. The number of carbonyl (C=O) groups is 2. The van der Waals surface area contributed by atoms with E-state index in [0.29, 0.717) is 16.8 Å². The zero-order chi connectivity index (χ0) is 17.8. The van der Waals surface area contributed by atoms with Crippen molar-refractivity contribution in [3.63, 3.8) is 0 Å². The molecule has 0 unspecified atom stereocenters. The number of halogens is 1. The van der Waals surface area contributed by atoms with E-state index in [1.165, 1.54) is 0 Å². The summed E-state index contributed by atoms with van der Waals surface area (Å²) in [7, 11) is 2.06. The first-order valence-electron chi connectivity index (χ1n) is 8.18. The van der Waals surface area contributed by atoms with Gasteiger partial charge in [-0.1, -0.05) is 12.1 Å². The predicted octanol–water partition coefficient (Wildman–Crippen LogP) is 3.09. The van der Waals surface area contributed by atoms with Crippen molar-refractivity contribution in [1.82, 2.24) is 9.80 Å². The maximum atomic E-state index is 12.5. The summed E-state index contributed by atoms with van der Waals surface area (Å²) in [6, 6.07) is 14.3. The molecule has 1 fully saturated rings. The molecule has 0 aromatic heterocycles. The molecule has 0 saturated carbocycles. The summed E-state index contributed by atoms with van der Waals surface area (Å²) in [5.74, 6) is -0.151. The van der Waals surface area contributed by atoms with E-state index in [-0.39, 0.29) is 11.8 Å². The number of benzene rings is 2. The molecule has 1 N–H and O–H groups in total. The van der Waals surface area contributed by atoms with Gasteiger partial charge in [0, 0.05) is 41.9 Å². The van der Waals surface area contributed by atoms with Gasteiger partial charge in [0.2, 0.25) is 0 Å². The van der Waals surface area contributed by atoms with Crippen molar-refractivity contribution in [3.8, 4) is 0 Å². The zero-order valence-electron chi connectivity index (χ0n) is 14.0. The second kappa shape index (κ2) is 7.80. The summed E-state index contributed by atoms with van der Waals surface area (Å²) < 4.78 is 0.745. The van der Waals surface area contributed by atoms with Crippen molar-refractivity contribution in [2.75, 3.05) is 38.5 Å². The lowest BCUT2D eigenvalue weighted by Gasteiger charge is -2.32. The molecule has 2 aromatic rings. The van der Waals surface area contributed by atoms with Crippen molar-refractivity contribution >= 4 is 33.4 Å². The SMILES string of the molecule is CN1CCN(C(=O)c2ccc(NC(=O)c3ccccc3Br)cc2)CC1. The van der Waals surface area contributed by atoms with Crippen molar-refractivity contribution in [2.24, 2.45) is 0 Å². The molecule has 0 atom stereocenters. The molecular formula is C19H20BrN3O2. The molecule has 1 heterocycles. The van der Waals surface area contributed by atoms with Gasteiger partial charge in [0.25, 0.3) is 11.8 Å². The standard InChI is InChI=1S/C19H20BrN3O2/c1-22-10-12-23(13-11-22)19(25)14-6-8-15(9-7-14)21-18(24)16-4-2-3-5-17(16)20/h2-9H,10-13H2,1H3,(H,21,24). The fourth-order valence-corrected chi connectivity index (χ4v) is 3.20. The summed E-state index contributed by atoms with van der Waals surface area (Å²) in [5, 5.41) is 2.85. The number of likely N-dealkylation sites (N-methyl/N-ethyl adjacent to an activating group) is 1. The van der Waals surface area contributed by atoms with E-state index in [4.69, 9.17) is 0 Å². The van der Waals surface area contributed by atoms with Crippen LogP contribution in [-0.2, 0) is 0 Å². The lowest BCUT2D eigenvalue weighted by molar-refractivity contribution is 0.0664. The average Bonchev–Trinajstić information content (AvgIpc) is 2.63. The summed E-state index contributed by atoms with van der Waals surface area (Å²) in [6.07, 6.45) is 0. The molecule has 6 heteroatoms. The molecule has 0 radical (unpaired) electrons. The molecule has 2 aromatic carbocycles. The van der Waals surface area contributed by atoms with Gasteiger partial charge < -0.3 is 15.1 Å². The Labute approximate surface area is 155 Å².